The van der Waals surface area contributed by atoms with Crippen molar-refractivity contribution < 1.29 is 9.53 Å². The summed E-state index contributed by atoms with van der Waals surface area (Å²) >= 11 is 4.95. The average Bonchev–Trinajstić information content (AvgIpc) is 3.23. The zero-order valence-corrected chi connectivity index (χ0v) is 25.0. The Morgan fingerprint density at radius 1 is 1.12 bits per heavy atom. The van der Waals surface area contributed by atoms with Crippen LogP contribution < -0.4 is 29.8 Å². The van der Waals surface area contributed by atoms with Crippen molar-refractivity contribution in [3.05, 3.63) is 119 Å². The highest BCUT2D eigenvalue weighted by molar-refractivity contribution is 9.10. The van der Waals surface area contributed by atoms with Gasteiger partial charge in [0.05, 0.1) is 34.1 Å². The number of allylic oxidation sites excluding steroid dienone is 1. The first-order valence-electron chi connectivity index (χ1n) is 12.9. The third kappa shape index (κ3) is 5.52. The number of thiazole rings is 1. The number of carbonyl (C=O) groups excluding carboxylic acids is 1. The van der Waals surface area contributed by atoms with Crippen molar-refractivity contribution in [2.45, 2.75) is 19.9 Å². The fourth-order valence-electron chi connectivity index (χ4n) is 4.69. The summed E-state index contributed by atoms with van der Waals surface area (Å²) < 4.78 is 8.73. The molecule has 4 aromatic rings. The van der Waals surface area contributed by atoms with Crippen LogP contribution in [0.3, 0.4) is 0 Å². The normalized spacial score (nSPS) is 14.9. The molecular weight excluding hydrogens is 588 g/mol. The minimum atomic E-state index is -0.652. The first kappa shape index (κ1) is 27.6. The predicted octanol–water partition coefficient (Wildman–Crippen LogP) is 5.10. The smallest absolute Gasteiger partial charge is 0.271 e. The van der Waals surface area contributed by atoms with Gasteiger partial charge in [0.15, 0.2) is 4.80 Å². The minimum Gasteiger partial charge on any atom is -0.494 e. The second-order valence-electron chi connectivity index (χ2n) is 9.51. The molecular formula is C31H29BrN4O3S. The zero-order valence-electron chi connectivity index (χ0n) is 22.6. The number of benzene rings is 3. The fraction of sp³-hybridized carbons (Fsp3) is 0.194. The van der Waals surface area contributed by atoms with E-state index in [0.717, 1.165) is 27.0 Å². The largest absolute Gasteiger partial charge is 0.494 e. The number of nitrogens with one attached hydrogen (secondary N) is 1. The van der Waals surface area contributed by atoms with Crippen molar-refractivity contribution >= 4 is 50.6 Å². The fourth-order valence-corrected chi connectivity index (χ4v) is 6.48. The number of amides is 1. The van der Waals surface area contributed by atoms with Gasteiger partial charge in [-0.2, -0.15) is 0 Å². The van der Waals surface area contributed by atoms with Crippen molar-refractivity contribution in [2.75, 3.05) is 30.9 Å². The Balaban J connectivity index is 1.64. The molecule has 1 atom stereocenters. The summed E-state index contributed by atoms with van der Waals surface area (Å²) in [4.78, 5) is 34.9. The summed E-state index contributed by atoms with van der Waals surface area (Å²) in [5.74, 6) is 0.421. The number of carbonyl (C=O) groups is 1. The Bertz CT molecular complexity index is 1770. The number of hydrogen-bond donors (Lipinski definition) is 1. The van der Waals surface area contributed by atoms with Gasteiger partial charge in [-0.15, -0.1) is 0 Å². The third-order valence-electron chi connectivity index (χ3n) is 6.56. The molecule has 1 aliphatic heterocycles. The second kappa shape index (κ2) is 11.7. The Kier molecular flexibility index (Phi) is 8.04. The molecule has 0 spiro atoms. The van der Waals surface area contributed by atoms with Crippen LogP contribution >= 0.6 is 27.3 Å². The highest BCUT2D eigenvalue weighted by Crippen LogP contribution is 2.32. The molecule has 40 heavy (non-hydrogen) atoms. The zero-order chi connectivity index (χ0) is 28.4. The molecule has 1 aliphatic rings. The van der Waals surface area contributed by atoms with Gasteiger partial charge in [-0.3, -0.25) is 14.2 Å². The molecule has 0 unspecified atom stereocenters. The van der Waals surface area contributed by atoms with E-state index in [1.807, 2.05) is 112 Å². The maximum absolute atomic E-state index is 13.9. The number of anilines is 2. The van der Waals surface area contributed by atoms with Crippen LogP contribution in [0, 0.1) is 0 Å². The molecule has 1 amide bonds. The molecule has 2 heterocycles. The molecule has 9 heteroatoms. The van der Waals surface area contributed by atoms with Crippen molar-refractivity contribution in [3.63, 3.8) is 0 Å². The number of para-hydroxylation sites is 1. The number of rotatable bonds is 7. The average molecular weight is 618 g/mol. The summed E-state index contributed by atoms with van der Waals surface area (Å²) in [6.45, 7) is 4.29. The van der Waals surface area contributed by atoms with E-state index in [1.165, 1.54) is 11.3 Å². The lowest BCUT2D eigenvalue weighted by atomic mass is 9.95. The number of fused-ring (bicyclic) bond motifs is 1. The van der Waals surface area contributed by atoms with Gasteiger partial charge in [0.2, 0.25) is 0 Å². The Labute approximate surface area is 244 Å². The van der Waals surface area contributed by atoms with Gasteiger partial charge in [-0.05, 0) is 83.4 Å². The van der Waals surface area contributed by atoms with Gasteiger partial charge >= 0.3 is 0 Å². The van der Waals surface area contributed by atoms with E-state index < -0.39 is 6.04 Å². The molecule has 0 aliphatic carbocycles. The van der Waals surface area contributed by atoms with Gasteiger partial charge in [-0.1, -0.05) is 47.7 Å². The van der Waals surface area contributed by atoms with Crippen LogP contribution in [0.25, 0.3) is 6.08 Å². The van der Waals surface area contributed by atoms with Crippen molar-refractivity contribution in [2.24, 2.45) is 4.99 Å². The topological polar surface area (TPSA) is 75.9 Å². The van der Waals surface area contributed by atoms with E-state index in [1.54, 1.807) is 4.57 Å². The van der Waals surface area contributed by atoms with E-state index in [9.17, 15) is 9.59 Å². The molecule has 5 rings (SSSR count). The van der Waals surface area contributed by atoms with Crippen LogP contribution in [-0.2, 0) is 4.79 Å². The van der Waals surface area contributed by atoms with Crippen LogP contribution in [-0.4, -0.2) is 31.2 Å². The second-order valence-corrected chi connectivity index (χ2v) is 11.4. The minimum absolute atomic E-state index is 0.201. The Morgan fingerprint density at radius 3 is 2.50 bits per heavy atom. The van der Waals surface area contributed by atoms with E-state index in [2.05, 4.69) is 21.2 Å². The molecule has 0 fully saturated rings. The summed E-state index contributed by atoms with van der Waals surface area (Å²) in [5, 5.41) is 2.98. The molecule has 3 aromatic carbocycles. The molecule has 0 bridgehead atoms. The van der Waals surface area contributed by atoms with Crippen molar-refractivity contribution in [3.8, 4) is 5.75 Å². The summed E-state index contributed by atoms with van der Waals surface area (Å²) in [6.07, 6.45) is 1.87. The lowest BCUT2D eigenvalue weighted by Crippen LogP contribution is -2.40. The van der Waals surface area contributed by atoms with Crippen LogP contribution in [0.4, 0.5) is 11.4 Å². The summed E-state index contributed by atoms with van der Waals surface area (Å²) in [7, 11) is 3.96. The number of nitrogens with zero attached hydrogens (tertiary/aromatic N) is 3. The van der Waals surface area contributed by atoms with Crippen molar-refractivity contribution in [1.29, 1.82) is 0 Å². The molecule has 7 nitrogen and oxygen atoms in total. The number of halogens is 1. The maximum Gasteiger partial charge on any atom is 0.271 e. The number of ether oxygens (including phenoxy) is 1. The van der Waals surface area contributed by atoms with E-state index in [-0.39, 0.29) is 11.5 Å². The van der Waals surface area contributed by atoms with Gasteiger partial charge in [0, 0.05) is 24.3 Å². The first-order chi connectivity index (χ1) is 19.3. The van der Waals surface area contributed by atoms with Gasteiger partial charge < -0.3 is 15.0 Å². The van der Waals surface area contributed by atoms with E-state index in [0.29, 0.717) is 32.9 Å². The lowest BCUT2D eigenvalue weighted by Gasteiger charge is -2.25. The predicted molar refractivity (Wildman–Crippen MR) is 165 cm³/mol. The van der Waals surface area contributed by atoms with E-state index in [4.69, 9.17) is 9.73 Å². The van der Waals surface area contributed by atoms with Gasteiger partial charge in [-0.25, -0.2) is 4.99 Å². The van der Waals surface area contributed by atoms with E-state index >= 15 is 0 Å². The molecule has 0 saturated carbocycles. The molecule has 0 radical (unpaired) electrons. The van der Waals surface area contributed by atoms with Crippen LogP contribution in [0.1, 0.15) is 31.0 Å². The molecule has 1 aromatic heterocycles. The Hall–Kier alpha value is -3.95. The summed E-state index contributed by atoms with van der Waals surface area (Å²) in [6, 6.07) is 22.1. The standard InChI is InChI=1S/C31H29BrN4O3S/c1-5-39-23-14-12-21(13-15-23)28-27(29(37)34-22-9-7-6-8-10-22)19(2)33-31-36(28)30(38)26(40-31)18-20-11-16-25(35(3)4)24(32)17-20/h6-18,28H,5H2,1-4H3,(H,34,37)/b26-18-/t28-/m1/s1. The molecule has 0 saturated heterocycles. The maximum atomic E-state index is 13.9. The van der Waals surface area contributed by atoms with Crippen LogP contribution in [0.5, 0.6) is 5.75 Å². The first-order valence-corrected chi connectivity index (χ1v) is 14.5. The van der Waals surface area contributed by atoms with Crippen LogP contribution in [0.15, 0.2) is 98.3 Å². The van der Waals surface area contributed by atoms with Crippen LogP contribution in [0.2, 0.25) is 0 Å². The number of aromatic nitrogens is 1. The Morgan fingerprint density at radius 2 is 1.85 bits per heavy atom. The van der Waals surface area contributed by atoms with Crippen molar-refractivity contribution in [1.82, 2.24) is 4.57 Å². The monoisotopic (exact) mass is 616 g/mol. The summed E-state index contributed by atoms with van der Waals surface area (Å²) in [5.41, 5.74) is 4.18. The molecule has 204 valence electrons. The van der Waals surface area contributed by atoms with Gasteiger partial charge in [0.25, 0.3) is 11.5 Å². The SMILES string of the molecule is CCOc1ccc([C@@H]2C(C(=O)Nc3ccccc3)=C(C)N=c3s/c(=C\c4ccc(N(C)C)c(Br)c4)c(=O)n32)cc1. The lowest BCUT2D eigenvalue weighted by molar-refractivity contribution is -0.113. The third-order valence-corrected chi connectivity index (χ3v) is 8.17. The van der Waals surface area contributed by atoms with Gasteiger partial charge in [0.1, 0.15) is 5.75 Å². The highest BCUT2D eigenvalue weighted by Gasteiger charge is 2.32. The molecule has 1 N–H and O–H groups in total. The highest BCUT2D eigenvalue weighted by atomic mass is 79.9. The number of hydrogen-bond acceptors (Lipinski definition) is 6. The quantitative estimate of drug-likeness (QED) is 0.313.